The van der Waals surface area contributed by atoms with Crippen LogP contribution in [0.3, 0.4) is 0 Å². The first kappa shape index (κ1) is 11.9. The molecular weight excluding hydrogens is 239 g/mol. The van der Waals surface area contributed by atoms with Crippen molar-refractivity contribution < 1.29 is 14.3 Å². The Morgan fingerprint density at radius 3 is 2.80 bits per heavy atom. The van der Waals surface area contributed by atoms with E-state index in [1.807, 2.05) is 0 Å². The Morgan fingerprint density at radius 1 is 1.47 bits per heavy atom. The van der Waals surface area contributed by atoms with Gasteiger partial charge >= 0.3 is 6.16 Å². The van der Waals surface area contributed by atoms with Crippen LogP contribution in [-0.2, 0) is 4.74 Å². The van der Waals surface area contributed by atoms with E-state index in [1.54, 1.807) is 6.07 Å². The molecule has 0 radical (unpaired) electrons. The highest BCUT2D eigenvalue weighted by molar-refractivity contribution is 6.35. The van der Waals surface area contributed by atoms with Crippen LogP contribution in [0, 0.1) is 0 Å². The zero-order chi connectivity index (χ0) is 11.3. The first-order valence-electron chi connectivity index (χ1n) is 4.04. The molecule has 80 valence electrons. The summed E-state index contributed by atoms with van der Waals surface area (Å²) in [6.45, 7) is 3.48. The van der Waals surface area contributed by atoms with Gasteiger partial charge in [0.2, 0.25) is 0 Å². The quantitative estimate of drug-likeness (QED) is 0.464. The number of carbonyl (C=O) groups excluding carboxylic acids is 1. The molecule has 0 spiro atoms. The van der Waals surface area contributed by atoms with Gasteiger partial charge in [0.25, 0.3) is 0 Å². The minimum absolute atomic E-state index is 0.0873. The number of hydrogen-bond acceptors (Lipinski definition) is 3. The van der Waals surface area contributed by atoms with E-state index in [9.17, 15) is 4.79 Å². The second kappa shape index (κ2) is 5.63. The van der Waals surface area contributed by atoms with Crippen LogP contribution in [0.1, 0.15) is 0 Å². The van der Waals surface area contributed by atoms with E-state index >= 15 is 0 Å². The van der Waals surface area contributed by atoms with Crippen LogP contribution in [0.15, 0.2) is 30.9 Å². The summed E-state index contributed by atoms with van der Waals surface area (Å²) >= 11 is 11.4. The fourth-order valence-corrected chi connectivity index (χ4v) is 1.25. The molecule has 1 rings (SSSR count). The molecule has 3 nitrogen and oxygen atoms in total. The highest BCUT2D eigenvalue weighted by atomic mass is 35.5. The van der Waals surface area contributed by atoms with Gasteiger partial charge in [-0.1, -0.05) is 35.9 Å². The van der Waals surface area contributed by atoms with Gasteiger partial charge < -0.3 is 9.47 Å². The Balaban J connectivity index is 2.64. The molecule has 0 fully saturated rings. The van der Waals surface area contributed by atoms with E-state index in [2.05, 4.69) is 11.3 Å². The van der Waals surface area contributed by atoms with Gasteiger partial charge in [0, 0.05) is 5.02 Å². The molecule has 0 bridgehead atoms. The molecule has 1 aromatic rings. The molecule has 1 aromatic carbocycles. The molecule has 15 heavy (non-hydrogen) atoms. The number of rotatable bonds is 3. The zero-order valence-electron chi connectivity index (χ0n) is 7.70. The summed E-state index contributed by atoms with van der Waals surface area (Å²) < 4.78 is 9.41. The Hall–Kier alpha value is -1.19. The van der Waals surface area contributed by atoms with Crippen LogP contribution in [0.2, 0.25) is 10.0 Å². The summed E-state index contributed by atoms with van der Waals surface area (Å²) in [5, 5.41) is 0.713. The van der Waals surface area contributed by atoms with Gasteiger partial charge in [-0.15, -0.1) is 0 Å². The number of benzene rings is 1. The van der Waals surface area contributed by atoms with Crippen molar-refractivity contribution in [3.63, 3.8) is 0 Å². The van der Waals surface area contributed by atoms with Crippen molar-refractivity contribution in [1.82, 2.24) is 0 Å². The van der Waals surface area contributed by atoms with Crippen molar-refractivity contribution in [1.29, 1.82) is 0 Å². The van der Waals surface area contributed by atoms with Crippen molar-refractivity contribution in [3.05, 3.63) is 40.9 Å². The first-order chi connectivity index (χ1) is 7.13. The third-order valence-electron chi connectivity index (χ3n) is 1.41. The van der Waals surface area contributed by atoms with Crippen molar-refractivity contribution in [2.24, 2.45) is 0 Å². The Morgan fingerprint density at radius 2 is 2.20 bits per heavy atom. The van der Waals surface area contributed by atoms with E-state index in [-0.39, 0.29) is 17.4 Å². The molecule has 0 aromatic heterocycles. The van der Waals surface area contributed by atoms with Gasteiger partial charge in [0.1, 0.15) is 6.61 Å². The zero-order valence-corrected chi connectivity index (χ0v) is 9.22. The summed E-state index contributed by atoms with van der Waals surface area (Å²) in [5.74, 6) is 0.204. The highest BCUT2D eigenvalue weighted by Crippen LogP contribution is 2.27. The summed E-state index contributed by atoms with van der Waals surface area (Å²) in [4.78, 5) is 11.0. The number of hydrogen-bond donors (Lipinski definition) is 0. The second-order valence-electron chi connectivity index (χ2n) is 2.53. The Bertz CT molecular complexity index is 377. The van der Waals surface area contributed by atoms with Crippen LogP contribution in [0.5, 0.6) is 5.75 Å². The summed E-state index contributed by atoms with van der Waals surface area (Å²) in [5.41, 5.74) is 0. The van der Waals surface area contributed by atoms with Crippen LogP contribution in [0.25, 0.3) is 0 Å². The summed E-state index contributed by atoms with van der Waals surface area (Å²) in [6.07, 6.45) is 0.601. The molecular formula is C10H8Cl2O3. The van der Waals surface area contributed by atoms with Gasteiger partial charge in [0.15, 0.2) is 5.75 Å². The lowest BCUT2D eigenvalue weighted by atomic mass is 10.3. The van der Waals surface area contributed by atoms with Gasteiger partial charge in [-0.25, -0.2) is 4.79 Å². The molecule has 0 N–H and O–H groups in total. The van der Waals surface area contributed by atoms with Crippen molar-refractivity contribution in [2.75, 3.05) is 6.61 Å². The number of ether oxygens (including phenoxy) is 2. The van der Waals surface area contributed by atoms with Gasteiger partial charge in [0.05, 0.1) is 5.02 Å². The molecule has 0 heterocycles. The molecule has 0 atom stereocenters. The average molecular weight is 247 g/mol. The van der Waals surface area contributed by atoms with Gasteiger partial charge in [-0.3, -0.25) is 0 Å². The lowest BCUT2D eigenvalue weighted by Crippen LogP contribution is -2.10. The van der Waals surface area contributed by atoms with E-state index in [4.69, 9.17) is 27.9 Å². The lowest BCUT2D eigenvalue weighted by molar-refractivity contribution is 0.109. The molecule has 0 saturated carbocycles. The number of halogens is 2. The predicted molar refractivity (Wildman–Crippen MR) is 58.6 cm³/mol. The van der Waals surface area contributed by atoms with Crippen molar-refractivity contribution in [3.8, 4) is 5.75 Å². The Kier molecular flexibility index (Phi) is 4.46. The highest BCUT2D eigenvalue weighted by Gasteiger charge is 2.08. The maximum atomic E-state index is 11.0. The first-order valence-corrected chi connectivity index (χ1v) is 4.79. The fraction of sp³-hybridized carbons (Fsp3) is 0.100. The van der Waals surface area contributed by atoms with E-state index in [0.29, 0.717) is 5.02 Å². The molecule has 0 unspecified atom stereocenters. The largest absolute Gasteiger partial charge is 0.514 e. The third-order valence-corrected chi connectivity index (χ3v) is 1.94. The molecule has 0 aliphatic rings. The van der Waals surface area contributed by atoms with Crippen LogP contribution < -0.4 is 4.74 Å². The number of carbonyl (C=O) groups is 1. The maximum absolute atomic E-state index is 11.0. The average Bonchev–Trinajstić information content (AvgIpc) is 2.19. The van der Waals surface area contributed by atoms with Crippen LogP contribution in [0.4, 0.5) is 4.79 Å². The Labute approximate surface area is 97.2 Å². The third kappa shape index (κ3) is 3.81. The molecule has 0 aliphatic heterocycles. The summed E-state index contributed by atoms with van der Waals surface area (Å²) in [7, 11) is 0. The molecule has 0 saturated heterocycles. The molecule has 0 aliphatic carbocycles. The van der Waals surface area contributed by atoms with Gasteiger partial charge in [-0.2, -0.15) is 0 Å². The molecule has 0 amide bonds. The van der Waals surface area contributed by atoms with Crippen molar-refractivity contribution >= 4 is 29.4 Å². The minimum Gasteiger partial charge on any atom is -0.430 e. The topological polar surface area (TPSA) is 35.5 Å². The predicted octanol–water partition coefficient (Wildman–Crippen LogP) is 3.69. The minimum atomic E-state index is -0.834. The summed E-state index contributed by atoms with van der Waals surface area (Å²) in [6, 6.07) is 4.52. The standard InChI is InChI=1S/C10H8Cl2O3/c1-2-5-14-10(13)15-9-4-3-7(11)6-8(9)12/h2-4,6H,1,5H2. The van der Waals surface area contributed by atoms with Gasteiger partial charge in [-0.05, 0) is 18.2 Å². The molecule has 5 heteroatoms. The second-order valence-corrected chi connectivity index (χ2v) is 3.37. The van der Waals surface area contributed by atoms with Crippen LogP contribution in [-0.4, -0.2) is 12.8 Å². The van der Waals surface area contributed by atoms with E-state index in [0.717, 1.165) is 0 Å². The lowest BCUT2D eigenvalue weighted by Gasteiger charge is -2.05. The smallest absolute Gasteiger partial charge is 0.430 e. The van der Waals surface area contributed by atoms with Crippen molar-refractivity contribution in [2.45, 2.75) is 0 Å². The monoisotopic (exact) mass is 246 g/mol. The maximum Gasteiger partial charge on any atom is 0.514 e. The fourth-order valence-electron chi connectivity index (χ4n) is 0.804. The van der Waals surface area contributed by atoms with E-state index in [1.165, 1.54) is 18.2 Å². The SMILES string of the molecule is C=CCOC(=O)Oc1ccc(Cl)cc1Cl. The van der Waals surface area contributed by atoms with Crippen LogP contribution >= 0.6 is 23.2 Å². The normalized spacial score (nSPS) is 9.47. The van der Waals surface area contributed by atoms with E-state index < -0.39 is 6.16 Å².